The van der Waals surface area contributed by atoms with Crippen LogP contribution in [0.1, 0.15) is 47.8 Å². The van der Waals surface area contributed by atoms with E-state index in [4.69, 9.17) is 0 Å². The molecular weight excluding hydrogens is 256 g/mol. The lowest BCUT2D eigenvalue weighted by Gasteiger charge is -2.17. The predicted molar refractivity (Wildman–Crippen MR) is 79.6 cm³/mol. The van der Waals surface area contributed by atoms with Crippen molar-refractivity contribution < 1.29 is 0 Å². The number of rotatable bonds is 5. The van der Waals surface area contributed by atoms with Crippen LogP contribution >= 0.6 is 11.3 Å². The minimum absolute atomic E-state index is 0.316. The zero-order valence-electron chi connectivity index (χ0n) is 12.3. The van der Waals surface area contributed by atoms with Crippen molar-refractivity contribution in [2.45, 2.75) is 39.7 Å². The summed E-state index contributed by atoms with van der Waals surface area (Å²) in [5, 5.41) is 11.3. The maximum Gasteiger partial charge on any atom is 0.0965 e. The van der Waals surface area contributed by atoms with E-state index in [2.05, 4.69) is 43.1 Å². The van der Waals surface area contributed by atoms with Gasteiger partial charge in [0.2, 0.25) is 0 Å². The maximum absolute atomic E-state index is 4.48. The summed E-state index contributed by atoms with van der Waals surface area (Å²) in [6, 6.07) is 0.316. The zero-order valence-corrected chi connectivity index (χ0v) is 13.1. The minimum Gasteiger partial charge on any atom is -0.309 e. The van der Waals surface area contributed by atoms with Gasteiger partial charge >= 0.3 is 0 Å². The van der Waals surface area contributed by atoms with Crippen LogP contribution < -0.4 is 5.32 Å². The first-order chi connectivity index (χ1) is 9.00. The number of aromatic nitrogens is 3. The van der Waals surface area contributed by atoms with Gasteiger partial charge in [-0.3, -0.25) is 4.68 Å². The highest BCUT2D eigenvalue weighted by Gasteiger charge is 2.17. The molecule has 104 valence electrons. The van der Waals surface area contributed by atoms with E-state index in [0.29, 0.717) is 12.0 Å². The molecule has 0 spiro atoms. The van der Waals surface area contributed by atoms with E-state index in [9.17, 15) is 0 Å². The first kappa shape index (κ1) is 14.2. The number of nitrogens with one attached hydrogen (secondary N) is 1. The van der Waals surface area contributed by atoms with E-state index in [1.54, 1.807) is 11.3 Å². The van der Waals surface area contributed by atoms with Gasteiger partial charge in [-0.1, -0.05) is 6.92 Å². The van der Waals surface area contributed by atoms with Crippen LogP contribution in [0.4, 0.5) is 0 Å². The first-order valence-electron chi connectivity index (χ1n) is 6.63. The smallest absolute Gasteiger partial charge is 0.0965 e. The van der Waals surface area contributed by atoms with E-state index in [0.717, 1.165) is 12.2 Å². The molecule has 0 aliphatic rings. The van der Waals surface area contributed by atoms with Crippen LogP contribution in [0.3, 0.4) is 0 Å². The number of hydrogen-bond acceptors (Lipinski definition) is 4. The predicted octanol–water partition coefficient (Wildman–Crippen LogP) is 2.95. The Morgan fingerprint density at radius 2 is 2.11 bits per heavy atom. The zero-order chi connectivity index (χ0) is 14.0. The molecule has 2 aromatic heterocycles. The monoisotopic (exact) mass is 278 g/mol. The molecule has 0 fully saturated rings. The molecule has 0 saturated heterocycles. The number of thiazole rings is 1. The molecule has 2 heterocycles. The molecule has 19 heavy (non-hydrogen) atoms. The third kappa shape index (κ3) is 3.04. The standard InChI is InChI=1S/C14H22N4S/c1-9(14-15-6-7-19-14)8-16-10(2)13-11(3)17-18(5)12(13)4/h6-7,9-10,16H,8H2,1-5H3. The number of nitrogens with zero attached hydrogens (tertiary/aromatic N) is 3. The van der Waals surface area contributed by atoms with Crippen molar-refractivity contribution in [2.24, 2.45) is 7.05 Å². The highest BCUT2D eigenvalue weighted by Crippen LogP contribution is 2.22. The molecule has 2 atom stereocenters. The van der Waals surface area contributed by atoms with Crippen LogP contribution in [0.2, 0.25) is 0 Å². The van der Waals surface area contributed by atoms with E-state index in [1.165, 1.54) is 16.3 Å². The largest absolute Gasteiger partial charge is 0.309 e. The van der Waals surface area contributed by atoms with E-state index in [-0.39, 0.29) is 0 Å². The molecule has 0 aliphatic carbocycles. The van der Waals surface area contributed by atoms with Crippen molar-refractivity contribution in [3.63, 3.8) is 0 Å². The molecule has 2 aromatic rings. The lowest BCUT2D eigenvalue weighted by atomic mass is 10.1. The highest BCUT2D eigenvalue weighted by atomic mass is 32.1. The fourth-order valence-corrected chi connectivity index (χ4v) is 3.14. The van der Waals surface area contributed by atoms with Gasteiger partial charge in [0.05, 0.1) is 10.7 Å². The van der Waals surface area contributed by atoms with Crippen molar-refractivity contribution >= 4 is 11.3 Å². The average Bonchev–Trinajstić information content (AvgIpc) is 2.96. The molecule has 0 aromatic carbocycles. The van der Waals surface area contributed by atoms with Crippen LogP contribution in [-0.4, -0.2) is 21.3 Å². The Morgan fingerprint density at radius 1 is 1.37 bits per heavy atom. The number of aryl methyl sites for hydroxylation is 2. The molecule has 2 rings (SSSR count). The van der Waals surface area contributed by atoms with E-state index >= 15 is 0 Å². The van der Waals surface area contributed by atoms with E-state index < -0.39 is 0 Å². The van der Waals surface area contributed by atoms with Gasteiger partial charge in [-0.15, -0.1) is 11.3 Å². The van der Waals surface area contributed by atoms with Crippen molar-refractivity contribution in [3.05, 3.63) is 33.5 Å². The summed E-state index contributed by atoms with van der Waals surface area (Å²) in [6.45, 7) is 9.54. The van der Waals surface area contributed by atoms with Gasteiger partial charge in [-0.2, -0.15) is 5.10 Å². The summed E-state index contributed by atoms with van der Waals surface area (Å²) in [5.41, 5.74) is 3.66. The van der Waals surface area contributed by atoms with Gasteiger partial charge in [-0.05, 0) is 20.8 Å². The second-order valence-electron chi connectivity index (χ2n) is 5.11. The minimum atomic E-state index is 0.316. The fraction of sp³-hybridized carbons (Fsp3) is 0.571. The van der Waals surface area contributed by atoms with Gasteiger partial charge in [0.25, 0.3) is 0 Å². The van der Waals surface area contributed by atoms with Gasteiger partial charge in [-0.25, -0.2) is 4.98 Å². The molecule has 5 heteroatoms. The summed E-state index contributed by atoms with van der Waals surface area (Å²) in [6.07, 6.45) is 1.87. The topological polar surface area (TPSA) is 42.7 Å². The Labute approximate surface area is 118 Å². The SMILES string of the molecule is Cc1nn(C)c(C)c1C(C)NCC(C)c1nccs1. The molecule has 4 nitrogen and oxygen atoms in total. The van der Waals surface area contributed by atoms with Gasteiger partial charge in [0.15, 0.2) is 0 Å². The summed E-state index contributed by atoms with van der Waals surface area (Å²) < 4.78 is 1.95. The quantitative estimate of drug-likeness (QED) is 0.914. The summed E-state index contributed by atoms with van der Waals surface area (Å²) in [4.78, 5) is 4.37. The van der Waals surface area contributed by atoms with E-state index in [1.807, 2.05) is 23.3 Å². The lowest BCUT2D eigenvalue weighted by molar-refractivity contribution is 0.532. The molecule has 1 N–H and O–H groups in total. The summed E-state index contributed by atoms with van der Waals surface area (Å²) in [5.74, 6) is 0.444. The molecule has 0 amide bonds. The van der Waals surface area contributed by atoms with Gasteiger partial charge < -0.3 is 5.32 Å². The molecule has 2 unspecified atom stereocenters. The van der Waals surface area contributed by atoms with Crippen LogP contribution in [0.25, 0.3) is 0 Å². The Hall–Kier alpha value is -1.20. The molecule has 0 aliphatic heterocycles. The van der Waals surface area contributed by atoms with Crippen molar-refractivity contribution in [1.82, 2.24) is 20.1 Å². The highest BCUT2D eigenvalue weighted by molar-refractivity contribution is 7.09. The number of hydrogen-bond donors (Lipinski definition) is 1. The van der Waals surface area contributed by atoms with Crippen molar-refractivity contribution in [1.29, 1.82) is 0 Å². The van der Waals surface area contributed by atoms with Crippen LogP contribution in [-0.2, 0) is 7.05 Å². The normalized spacial score (nSPS) is 14.6. The third-order valence-corrected chi connectivity index (χ3v) is 4.61. The third-order valence-electron chi connectivity index (χ3n) is 3.60. The fourth-order valence-electron chi connectivity index (χ4n) is 2.44. The molecule has 0 radical (unpaired) electrons. The van der Waals surface area contributed by atoms with Crippen molar-refractivity contribution in [3.8, 4) is 0 Å². The van der Waals surface area contributed by atoms with Crippen molar-refractivity contribution in [2.75, 3.05) is 6.54 Å². The second-order valence-corrected chi connectivity index (χ2v) is 6.04. The van der Waals surface area contributed by atoms with Gasteiger partial charge in [0, 0.05) is 48.4 Å². The van der Waals surface area contributed by atoms with Crippen LogP contribution in [0.15, 0.2) is 11.6 Å². The summed E-state index contributed by atoms with van der Waals surface area (Å²) in [7, 11) is 2.00. The Kier molecular flexibility index (Phi) is 4.37. The second kappa shape index (κ2) is 5.84. The molecule has 0 saturated carbocycles. The Morgan fingerprint density at radius 3 is 2.63 bits per heavy atom. The lowest BCUT2D eigenvalue weighted by Crippen LogP contribution is -2.24. The first-order valence-corrected chi connectivity index (χ1v) is 7.51. The average molecular weight is 278 g/mol. The van der Waals surface area contributed by atoms with Crippen LogP contribution in [0, 0.1) is 13.8 Å². The summed E-state index contributed by atoms with van der Waals surface area (Å²) >= 11 is 1.72. The Bertz CT molecular complexity index is 530. The Balaban J connectivity index is 2.00. The molecular formula is C14H22N4S. The molecule has 0 bridgehead atoms. The maximum atomic E-state index is 4.48. The van der Waals surface area contributed by atoms with Crippen LogP contribution in [0.5, 0.6) is 0 Å². The van der Waals surface area contributed by atoms with Gasteiger partial charge in [0.1, 0.15) is 0 Å².